The molecule has 0 bridgehead atoms. The van der Waals surface area contributed by atoms with Crippen LogP contribution in [0.4, 0.5) is 0 Å². The second-order valence-electron chi connectivity index (χ2n) is 13.4. The Labute approximate surface area is 293 Å². The molecule has 3 heteroatoms. The van der Waals surface area contributed by atoms with Gasteiger partial charge in [-0.2, -0.15) is 10.2 Å². The van der Waals surface area contributed by atoms with Gasteiger partial charge in [0.1, 0.15) is 0 Å². The zero-order valence-corrected chi connectivity index (χ0v) is 27.6. The van der Waals surface area contributed by atoms with Crippen molar-refractivity contribution in [2.24, 2.45) is 0 Å². The van der Waals surface area contributed by atoms with Crippen LogP contribution in [0.1, 0.15) is 0 Å². The third-order valence-electron chi connectivity index (χ3n) is 10.7. The van der Waals surface area contributed by atoms with Gasteiger partial charge in [-0.1, -0.05) is 140 Å². The van der Waals surface area contributed by atoms with Gasteiger partial charge in [-0.25, -0.2) is 0 Å². The molecular formula is C48H29N3. The molecular weight excluding hydrogens is 619 g/mol. The van der Waals surface area contributed by atoms with E-state index in [0.29, 0.717) is 0 Å². The lowest BCUT2D eigenvalue weighted by atomic mass is 9.88. The van der Waals surface area contributed by atoms with Crippen LogP contribution in [-0.2, 0) is 0 Å². The largest absolute Gasteiger partial charge is 0.309 e. The van der Waals surface area contributed by atoms with Gasteiger partial charge in [-0.15, -0.1) is 0 Å². The van der Waals surface area contributed by atoms with Crippen LogP contribution in [0.3, 0.4) is 0 Å². The molecule has 0 spiro atoms. The summed E-state index contributed by atoms with van der Waals surface area (Å²) >= 11 is 0. The zero-order valence-electron chi connectivity index (χ0n) is 27.6. The predicted molar refractivity (Wildman–Crippen MR) is 215 cm³/mol. The van der Waals surface area contributed by atoms with E-state index >= 15 is 0 Å². The monoisotopic (exact) mass is 647 g/mol. The predicted octanol–water partition coefficient (Wildman–Crippen LogP) is 12.7. The van der Waals surface area contributed by atoms with E-state index in [1.54, 1.807) is 0 Å². The Bertz CT molecular complexity index is 3150. The first kappa shape index (κ1) is 28.0. The second-order valence-corrected chi connectivity index (χ2v) is 13.4. The molecule has 0 unspecified atom stereocenters. The van der Waals surface area contributed by atoms with E-state index in [1.165, 1.54) is 65.0 Å². The maximum Gasteiger partial charge on any atom is 0.0596 e. The summed E-state index contributed by atoms with van der Waals surface area (Å²) in [6.45, 7) is 0. The van der Waals surface area contributed by atoms with E-state index in [2.05, 4.69) is 179 Å². The van der Waals surface area contributed by atoms with Crippen molar-refractivity contribution in [3.05, 3.63) is 176 Å². The summed E-state index contributed by atoms with van der Waals surface area (Å²) in [6, 6.07) is 59.7. The highest BCUT2D eigenvalue weighted by atomic mass is 15.1. The minimum Gasteiger partial charge on any atom is -0.309 e. The van der Waals surface area contributed by atoms with Crippen LogP contribution in [0, 0.1) is 0 Å². The summed E-state index contributed by atoms with van der Waals surface area (Å²) in [6.07, 6.45) is 3.82. The Kier molecular flexibility index (Phi) is 5.96. The average molecular weight is 648 g/mol. The lowest BCUT2D eigenvalue weighted by Gasteiger charge is -2.16. The van der Waals surface area contributed by atoms with Gasteiger partial charge in [0.05, 0.1) is 29.1 Å². The number of rotatable bonds is 3. The summed E-state index contributed by atoms with van der Waals surface area (Å²) in [5.41, 5.74) is 8.17. The van der Waals surface area contributed by atoms with Crippen LogP contribution in [0.15, 0.2) is 176 Å². The van der Waals surface area contributed by atoms with Gasteiger partial charge in [0.2, 0.25) is 0 Å². The van der Waals surface area contributed by atoms with Crippen LogP contribution in [0.25, 0.3) is 104 Å². The van der Waals surface area contributed by atoms with Crippen molar-refractivity contribution in [1.29, 1.82) is 0 Å². The molecule has 51 heavy (non-hydrogen) atoms. The van der Waals surface area contributed by atoms with Crippen molar-refractivity contribution in [2.45, 2.75) is 0 Å². The molecule has 0 aliphatic rings. The van der Waals surface area contributed by atoms with E-state index in [0.717, 1.165) is 38.6 Å². The quantitative estimate of drug-likeness (QED) is 0.179. The maximum atomic E-state index is 4.42. The van der Waals surface area contributed by atoms with Crippen molar-refractivity contribution in [3.8, 4) is 27.9 Å². The fraction of sp³-hybridized carbons (Fsp3) is 0. The van der Waals surface area contributed by atoms with Crippen LogP contribution < -0.4 is 0 Å². The van der Waals surface area contributed by atoms with Gasteiger partial charge in [-0.05, 0) is 89.6 Å². The Morgan fingerprint density at radius 2 is 0.902 bits per heavy atom. The molecule has 0 aliphatic carbocycles. The fourth-order valence-corrected chi connectivity index (χ4v) is 8.56. The van der Waals surface area contributed by atoms with E-state index in [1.807, 2.05) is 12.4 Å². The highest BCUT2D eigenvalue weighted by Crippen LogP contribution is 2.46. The van der Waals surface area contributed by atoms with Crippen LogP contribution in [0.5, 0.6) is 0 Å². The SMILES string of the molecule is c1ccc(-c2ccc(-n3c4cc5ccccc5cc4c4c(-c5cccc6c7ccccc7c7ccccc7c56)cccc43)c3cnncc23)cc1. The minimum absolute atomic E-state index is 1.06. The van der Waals surface area contributed by atoms with Gasteiger partial charge >= 0.3 is 0 Å². The standard InChI is InChI=1S/C48H29N3/c1-2-12-30(13-3-1)33-24-25-44(43-29-50-49-28-42(33)43)51-45-23-11-22-40(48(45)41-26-31-14-4-5-15-32(31)27-46(41)51)39-21-10-20-38-36-17-7-6-16-34(36)35-18-8-9-19-37(35)47(38)39/h1-29H. The fourth-order valence-electron chi connectivity index (χ4n) is 8.56. The third kappa shape index (κ3) is 4.06. The number of benzene rings is 9. The van der Waals surface area contributed by atoms with Crippen molar-refractivity contribution in [2.75, 3.05) is 0 Å². The lowest BCUT2D eigenvalue weighted by molar-refractivity contribution is 1.05. The van der Waals surface area contributed by atoms with E-state index < -0.39 is 0 Å². The molecule has 0 aliphatic heterocycles. The summed E-state index contributed by atoms with van der Waals surface area (Å²) < 4.78 is 2.44. The minimum atomic E-state index is 1.06. The number of fused-ring (bicyclic) bond motifs is 11. The summed E-state index contributed by atoms with van der Waals surface area (Å²) in [5.74, 6) is 0. The molecule has 0 amide bonds. The van der Waals surface area contributed by atoms with Gasteiger partial charge in [0.15, 0.2) is 0 Å². The van der Waals surface area contributed by atoms with Crippen molar-refractivity contribution in [1.82, 2.24) is 14.8 Å². The highest BCUT2D eigenvalue weighted by Gasteiger charge is 2.21. The first-order chi connectivity index (χ1) is 25.3. The van der Waals surface area contributed by atoms with E-state index in [-0.39, 0.29) is 0 Å². The Morgan fingerprint density at radius 1 is 0.333 bits per heavy atom. The topological polar surface area (TPSA) is 30.7 Å². The van der Waals surface area contributed by atoms with Crippen molar-refractivity contribution < 1.29 is 0 Å². The first-order valence-electron chi connectivity index (χ1n) is 17.4. The molecule has 0 saturated carbocycles. The number of hydrogen-bond donors (Lipinski definition) is 0. The number of hydrogen-bond acceptors (Lipinski definition) is 2. The van der Waals surface area contributed by atoms with E-state index in [9.17, 15) is 0 Å². The summed E-state index contributed by atoms with van der Waals surface area (Å²) in [7, 11) is 0. The molecule has 0 atom stereocenters. The van der Waals surface area contributed by atoms with Crippen LogP contribution >= 0.6 is 0 Å². The second kappa shape index (κ2) is 10.8. The van der Waals surface area contributed by atoms with Crippen LogP contribution in [0.2, 0.25) is 0 Å². The van der Waals surface area contributed by atoms with Crippen molar-refractivity contribution >= 4 is 75.7 Å². The molecule has 0 saturated heterocycles. The third-order valence-corrected chi connectivity index (χ3v) is 10.7. The average Bonchev–Trinajstić information content (AvgIpc) is 3.52. The van der Waals surface area contributed by atoms with Gasteiger partial charge in [0.25, 0.3) is 0 Å². The molecule has 0 N–H and O–H groups in total. The number of aromatic nitrogens is 3. The molecule has 236 valence electrons. The Balaban J connectivity index is 1.30. The highest BCUT2D eigenvalue weighted by molar-refractivity contribution is 6.30. The molecule has 11 aromatic rings. The Morgan fingerprint density at radius 3 is 1.65 bits per heavy atom. The molecule has 0 fully saturated rings. The molecule has 11 rings (SSSR count). The number of nitrogens with zero attached hydrogens (tertiary/aromatic N) is 3. The lowest BCUT2D eigenvalue weighted by Crippen LogP contribution is -1.98. The molecule has 3 nitrogen and oxygen atoms in total. The smallest absolute Gasteiger partial charge is 0.0596 e. The van der Waals surface area contributed by atoms with Crippen LogP contribution in [-0.4, -0.2) is 14.8 Å². The molecule has 2 aromatic heterocycles. The molecule has 0 radical (unpaired) electrons. The maximum absolute atomic E-state index is 4.42. The van der Waals surface area contributed by atoms with Gasteiger partial charge in [-0.3, -0.25) is 0 Å². The normalized spacial score (nSPS) is 11.9. The van der Waals surface area contributed by atoms with Crippen molar-refractivity contribution in [3.63, 3.8) is 0 Å². The summed E-state index contributed by atoms with van der Waals surface area (Å²) in [4.78, 5) is 0. The first-order valence-corrected chi connectivity index (χ1v) is 17.4. The summed E-state index contributed by atoms with van der Waals surface area (Å²) in [5, 5.41) is 23.5. The molecule has 9 aromatic carbocycles. The van der Waals surface area contributed by atoms with Gasteiger partial charge < -0.3 is 4.57 Å². The Hall–Kier alpha value is -6.84. The van der Waals surface area contributed by atoms with Gasteiger partial charge in [0, 0.05) is 21.5 Å². The zero-order chi connectivity index (χ0) is 33.5. The van der Waals surface area contributed by atoms with E-state index in [4.69, 9.17) is 0 Å². The molecule has 2 heterocycles.